The number of hydrogen-bond donors (Lipinski definition) is 1. The number of benzene rings is 1. The highest BCUT2D eigenvalue weighted by Crippen LogP contribution is 2.20. The Morgan fingerprint density at radius 1 is 1.32 bits per heavy atom. The van der Waals surface area contributed by atoms with E-state index in [-0.39, 0.29) is 5.91 Å². The fourth-order valence-electron chi connectivity index (χ4n) is 2.70. The van der Waals surface area contributed by atoms with Gasteiger partial charge >= 0.3 is 0 Å². The van der Waals surface area contributed by atoms with Crippen molar-refractivity contribution >= 4 is 17.7 Å². The van der Waals surface area contributed by atoms with Gasteiger partial charge in [0.1, 0.15) is 5.75 Å². The molecule has 0 radical (unpaired) electrons. The number of nitrogens with zero attached hydrogens (tertiary/aromatic N) is 2. The molecule has 0 bridgehead atoms. The van der Waals surface area contributed by atoms with Crippen LogP contribution in [0.25, 0.3) is 11.4 Å². The van der Waals surface area contributed by atoms with Crippen molar-refractivity contribution in [3.63, 3.8) is 0 Å². The van der Waals surface area contributed by atoms with Crippen LogP contribution in [-0.2, 0) is 11.2 Å². The molecule has 1 aromatic heterocycles. The van der Waals surface area contributed by atoms with Crippen molar-refractivity contribution in [1.82, 2.24) is 15.5 Å². The van der Waals surface area contributed by atoms with Crippen molar-refractivity contribution in [2.24, 2.45) is 0 Å². The summed E-state index contributed by atoms with van der Waals surface area (Å²) in [6, 6.07) is 7.87. The van der Waals surface area contributed by atoms with E-state index in [1.165, 1.54) is 0 Å². The van der Waals surface area contributed by atoms with Crippen LogP contribution in [0.5, 0.6) is 5.75 Å². The first-order chi connectivity index (χ1) is 12.2. The number of rotatable bonds is 7. The third kappa shape index (κ3) is 5.22. The van der Waals surface area contributed by atoms with Crippen molar-refractivity contribution in [2.75, 3.05) is 18.1 Å². The van der Waals surface area contributed by atoms with E-state index in [1.807, 2.05) is 43.0 Å². The molecule has 0 atom stereocenters. The maximum absolute atomic E-state index is 12.0. The van der Waals surface area contributed by atoms with Gasteiger partial charge in [0.2, 0.25) is 17.6 Å². The number of aromatic nitrogens is 2. The Morgan fingerprint density at radius 3 is 2.80 bits per heavy atom. The van der Waals surface area contributed by atoms with Crippen LogP contribution in [0.4, 0.5) is 0 Å². The smallest absolute Gasteiger partial charge is 0.227 e. The van der Waals surface area contributed by atoms with Crippen LogP contribution in [0, 0.1) is 0 Å². The van der Waals surface area contributed by atoms with Crippen molar-refractivity contribution in [3.8, 4) is 17.1 Å². The zero-order valence-corrected chi connectivity index (χ0v) is 15.2. The van der Waals surface area contributed by atoms with Crippen LogP contribution in [0.15, 0.2) is 28.8 Å². The van der Waals surface area contributed by atoms with E-state index in [9.17, 15) is 4.79 Å². The third-order valence-corrected chi connectivity index (χ3v) is 5.09. The minimum absolute atomic E-state index is 0.0534. The number of amides is 1. The molecule has 1 fully saturated rings. The van der Waals surface area contributed by atoms with Gasteiger partial charge < -0.3 is 14.6 Å². The first kappa shape index (κ1) is 17.8. The van der Waals surface area contributed by atoms with E-state index in [0.29, 0.717) is 37.2 Å². The summed E-state index contributed by atoms with van der Waals surface area (Å²) in [4.78, 5) is 16.4. The molecule has 0 aliphatic carbocycles. The summed E-state index contributed by atoms with van der Waals surface area (Å²) in [5, 5.41) is 7.08. The predicted octanol–water partition coefficient (Wildman–Crippen LogP) is 3.08. The fraction of sp³-hybridized carbons (Fsp3) is 0.500. The first-order valence-electron chi connectivity index (χ1n) is 8.67. The molecule has 2 heterocycles. The average molecular weight is 361 g/mol. The lowest BCUT2D eigenvalue weighted by atomic mass is 10.1. The molecular formula is C18H23N3O3S. The Morgan fingerprint density at radius 2 is 2.08 bits per heavy atom. The van der Waals surface area contributed by atoms with Crippen LogP contribution in [0.2, 0.25) is 0 Å². The van der Waals surface area contributed by atoms with Crippen LogP contribution >= 0.6 is 11.8 Å². The number of nitrogens with one attached hydrogen (secondary N) is 1. The van der Waals surface area contributed by atoms with Crippen molar-refractivity contribution in [1.29, 1.82) is 0 Å². The summed E-state index contributed by atoms with van der Waals surface area (Å²) >= 11 is 1.95. The molecule has 3 rings (SSSR count). The third-order valence-electron chi connectivity index (χ3n) is 4.04. The highest BCUT2D eigenvalue weighted by atomic mass is 32.2. The van der Waals surface area contributed by atoms with Gasteiger partial charge in [0.15, 0.2) is 0 Å². The summed E-state index contributed by atoms with van der Waals surface area (Å²) < 4.78 is 10.7. The minimum atomic E-state index is 0.0534. The summed E-state index contributed by atoms with van der Waals surface area (Å²) in [5.41, 5.74) is 0.864. The zero-order valence-electron chi connectivity index (χ0n) is 14.4. The fourth-order valence-corrected chi connectivity index (χ4v) is 3.81. The SMILES string of the molecule is CCOc1ccc(-c2noc(CCC(=O)NC3CCSCC3)n2)cc1. The maximum Gasteiger partial charge on any atom is 0.227 e. The van der Waals surface area contributed by atoms with Crippen molar-refractivity contribution in [3.05, 3.63) is 30.2 Å². The van der Waals surface area contributed by atoms with Gasteiger partial charge in [-0.25, -0.2) is 0 Å². The molecule has 1 aliphatic heterocycles. The number of aryl methyl sites for hydroxylation is 1. The standard InChI is InChI=1S/C18H23N3O3S/c1-2-23-15-5-3-13(4-6-15)18-20-17(24-21-18)8-7-16(22)19-14-9-11-25-12-10-14/h3-6,14H,2,7-12H2,1H3,(H,19,22). The minimum Gasteiger partial charge on any atom is -0.494 e. The molecule has 1 saturated heterocycles. The van der Waals surface area contributed by atoms with Crippen LogP contribution in [0.3, 0.4) is 0 Å². The van der Waals surface area contributed by atoms with Gasteiger partial charge in [-0.1, -0.05) is 5.16 Å². The van der Waals surface area contributed by atoms with Crippen LogP contribution in [0.1, 0.15) is 32.1 Å². The number of carbonyl (C=O) groups is 1. The number of hydrogen-bond acceptors (Lipinski definition) is 6. The van der Waals surface area contributed by atoms with Crippen molar-refractivity contribution in [2.45, 2.75) is 38.6 Å². The second kappa shape index (κ2) is 8.89. The summed E-state index contributed by atoms with van der Waals surface area (Å²) in [6.45, 7) is 2.58. The molecule has 1 amide bonds. The first-order valence-corrected chi connectivity index (χ1v) is 9.83. The molecular weight excluding hydrogens is 338 g/mol. The molecule has 7 heteroatoms. The summed E-state index contributed by atoms with van der Waals surface area (Å²) in [5.74, 6) is 4.13. The van der Waals surface area contributed by atoms with E-state index in [4.69, 9.17) is 9.26 Å². The average Bonchev–Trinajstić information content (AvgIpc) is 3.11. The molecule has 2 aromatic rings. The van der Waals surface area contributed by atoms with Gasteiger partial charge in [0.25, 0.3) is 0 Å². The van der Waals surface area contributed by atoms with Gasteiger partial charge in [0.05, 0.1) is 6.61 Å². The highest BCUT2D eigenvalue weighted by Gasteiger charge is 2.17. The van der Waals surface area contributed by atoms with E-state index < -0.39 is 0 Å². The van der Waals surface area contributed by atoms with Gasteiger partial charge in [-0.05, 0) is 55.5 Å². The molecule has 1 N–H and O–H groups in total. The zero-order chi connectivity index (χ0) is 17.5. The highest BCUT2D eigenvalue weighted by molar-refractivity contribution is 7.99. The number of thioether (sulfide) groups is 1. The predicted molar refractivity (Wildman–Crippen MR) is 97.7 cm³/mol. The Hall–Kier alpha value is -2.02. The van der Waals surface area contributed by atoms with Crippen molar-refractivity contribution < 1.29 is 14.1 Å². The lowest BCUT2D eigenvalue weighted by Gasteiger charge is -2.22. The molecule has 25 heavy (non-hydrogen) atoms. The summed E-state index contributed by atoms with van der Waals surface area (Å²) in [6.07, 6.45) is 2.93. The Bertz CT molecular complexity index is 681. The van der Waals surface area contributed by atoms with E-state index in [2.05, 4.69) is 15.5 Å². The van der Waals surface area contributed by atoms with Gasteiger partial charge in [-0.3, -0.25) is 4.79 Å². The quantitative estimate of drug-likeness (QED) is 0.817. The molecule has 6 nitrogen and oxygen atoms in total. The van der Waals surface area contributed by atoms with Gasteiger partial charge in [-0.2, -0.15) is 16.7 Å². The topological polar surface area (TPSA) is 77.2 Å². The van der Waals surface area contributed by atoms with E-state index >= 15 is 0 Å². The molecule has 0 saturated carbocycles. The molecule has 1 aromatic carbocycles. The monoisotopic (exact) mass is 361 g/mol. The molecule has 134 valence electrons. The number of carbonyl (C=O) groups excluding carboxylic acids is 1. The molecule has 0 unspecified atom stereocenters. The van der Waals surface area contributed by atoms with Gasteiger partial charge in [0, 0.05) is 24.4 Å². The Kier molecular flexibility index (Phi) is 6.33. The van der Waals surface area contributed by atoms with E-state index in [1.54, 1.807) is 0 Å². The molecule has 1 aliphatic rings. The van der Waals surface area contributed by atoms with Gasteiger partial charge in [-0.15, -0.1) is 0 Å². The largest absolute Gasteiger partial charge is 0.494 e. The summed E-state index contributed by atoms with van der Waals surface area (Å²) in [7, 11) is 0. The normalized spacial score (nSPS) is 15.1. The van der Waals surface area contributed by atoms with Crippen LogP contribution < -0.4 is 10.1 Å². The second-order valence-corrected chi connectivity index (χ2v) is 7.15. The lowest BCUT2D eigenvalue weighted by Crippen LogP contribution is -2.37. The Labute approximate surface area is 151 Å². The Balaban J connectivity index is 1.50. The number of ether oxygens (including phenoxy) is 1. The lowest BCUT2D eigenvalue weighted by molar-refractivity contribution is -0.121. The second-order valence-electron chi connectivity index (χ2n) is 5.92. The molecule has 0 spiro atoms. The maximum atomic E-state index is 12.0. The van der Waals surface area contributed by atoms with Crippen LogP contribution in [-0.4, -0.2) is 40.2 Å². The van der Waals surface area contributed by atoms with E-state index in [0.717, 1.165) is 35.7 Å².